The maximum atomic E-state index is 10.8. The average molecular weight is 202 g/mol. The van der Waals surface area contributed by atoms with Crippen LogP contribution in [0.1, 0.15) is 10.6 Å². The van der Waals surface area contributed by atoms with Gasteiger partial charge in [-0.15, -0.1) is 0 Å². The van der Waals surface area contributed by atoms with E-state index in [2.05, 4.69) is 4.98 Å². The Bertz CT molecular complexity index is 394. The first kappa shape index (κ1) is 9.91. The molecule has 72 valence electrons. The number of hydrogen-bond donors (Lipinski definition) is 0. The van der Waals surface area contributed by atoms with E-state index in [1.165, 1.54) is 10.8 Å². The summed E-state index contributed by atoms with van der Waals surface area (Å²) in [4.78, 5) is 14.1. The highest BCUT2D eigenvalue weighted by molar-refractivity contribution is 7.90. The van der Waals surface area contributed by atoms with Crippen LogP contribution in [0.2, 0.25) is 0 Å². The summed E-state index contributed by atoms with van der Waals surface area (Å²) in [7, 11) is -2.99. The zero-order valence-corrected chi connectivity index (χ0v) is 7.99. The van der Waals surface area contributed by atoms with Crippen LogP contribution in [0.4, 0.5) is 0 Å². The first-order valence-electron chi connectivity index (χ1n) is 3.67. The van der Waals surface area contributed by atoms with Gasteiger partial charge in [0, 0.05) is 25.2 Å². The minimum atomic E-state index is -2.99. The zero-order valence-electron chi connectivity index (χ0n) is 7.17. The third kappa shape index (κ3) is 2.98. The lowest BCUT2D eigenvalue weighted by Gasteiger charge is -2.01. The van der Waals surface area contributed by atoms with Gasteiger partial charge in [0.15, 0.2) is 12.1 Å². The Kier molecular flexibility index (Phi) is 2.82. The molecule has 0 unspecified atom stereocenters. The van der Waals surface area contributed by atoms with Crippen LogP contribution in [0.5, 0.6) is 0 Å². The average Bonchev–Trinajstić information content (AvgIpc) is 2.46. The summed E-state index contributed by atoms with van der Waals surface area (Å²) in [6.45, 7) is 0.271. The molecule has 0 aliphatic heterocycles. The van der Waals surface area contributed by atoms with Crippen LogP contribution in [0.25, 0.3) is 0 Å². The number of aryl methyl sites for hydroxylation is 1. The van der Waals surface area contributed by atoms with E-state index >= 15 is 0 Å². The van der Waals surface area contributed by atoms with Crippen molar-refractivity contribution in [3.8, 4) is 0 Å². The largest absolute Gasteiger partial charge is 0.328 e. The number of nitrogens with zero attached hydrogens (tertiary/aromatic N) is 2. The van der Waals surface area contributed by atoms with Gasteiger partial charge in [0.1, 0.15) is 9.84 Å². The van der Waals surface area contributed by atoms with Gasteiger partial charge in [-0.3, -0.25) is 4.79 Å². The van der Waals surface area contributed by atoms with Gasteiger partial charge in [-0.2, -0.15) is 0 Å². The summed E-state index contributed by atoms with van der Waals surface area (Å²) in [5.74, 6) is 0.271. The lowest BCUT2D eigenvalue weighted by atomic mass is 10.6. The summed E-state index contributed by atoms with van der Waals surface area (Å²) in [5.41, 5.74) is 0. The van der Waals surface area contributed by atoms with Crippen molar-refractivity contribution in [1.29, 1.82) is 0 Å². The topological polar surface area (TPSA) is 69.0 Å². The van der Waals surface area contributed by atoms with Crippen molar-refractivity contribution < 1.29 is 13.2 Å². The van der Waals surface area contributed by atoms with Crippen LogP contribution >= 0.6 is 0 Å². The maximum Gasteiger partial charge on any atom is 0.185 e. The van der Waals surface area contributed by atoms with Crippen molar-refractivity contribution in [3.05, 3.63) is 18.2 Å². The molecule has 0 spiro atoms. The lowest BCUT2D eigenvalue weighted by molar-refractivity contribution is 0.111. The van der Waals surface area contributed by atoms with Crippen LogP contribution in [-0.2, 0) is 16.4 Å². The molecule has 0 radical (unpaired) electrons. The number of carbonyl (C=O) groups excluding carboxylic acids is 1. The standard InChI is InChI=1S/C7H10N2O3S/c1-13(11,12)5-4-9-3-2-8-7(9)6-10/h2-3,6H,4-5H2,1H3. The molecule has 1 aromatic heterocycles. The van der Waals surface area contributed by atoms with Crippen molar-refractivity contribution in [2.45, 2.75) is 6.54 Å². The Morgan fingerprint density at radius 2 is 2.31 bits per heavy atom. The van der Waals surface area contributed by atoms with E-state index in [0.29, 0.717) is 6.29 Å². The molecule has 6 heteroatoms. The van der Waals surface area contributed by atoms with Gasteiger partial charge in [-0.25, -0.2) is 13.4 Å². The summed E-state index contributed by atoms with van der Waals surface area (Å²) in [6.07, 6.45) is 4.80. The quantitative estimate of drug-likeness (QED) is 0.631. The molecule has 0 aliphatic rings. The molecule has 0 N–H and O–H groups in total. The SMILES string of the molecule is CS(=O)(=O)CCn1ccnc1C=O. The molecule has 0 bridgehead atoms. The van der Waals surface area contributed by atoms with Gasteiger partial charge in [0.2, 0.25) is 0 Å². The van der Waals surface area contributed by atoms with E-state index in [-0.39, 0.29) is 18.1 Å². The third-order valence-corrected chi connectivity index (χ3v) is 2.48. The van der Waals surface area contributed by atoms with E-state index in [1.807, 2.05) is 0 Å². The summed E-state index contributed by atoms with van der Waals surface area (Å²) >= 11 is 0. The summed E-state index contributed by atoms with van der Waals surface area (Å²) < 4.78 is 23.1. The molecule has 0 saturated heterocycles. The maximum absolute atomic E-state index is 10.8. The number of rotatable bonds is 4. The Balaban J connectivity index is 2.70. The van der Waals surface area contributed by atoms with Crippen LogP contribution < -0.4 is 0 Å². The molecule has 1 aromatic rings. The minimum absolute atomic E-state index is 0.0181. The molecule has 0 amide bonds. The highest BCUT2D eigenvalue weighted by Gasteiger charge is 2.05. The molecule has 0 saturated carbocycles. The lowest BCUT2D eigenvalue weighted by Crippen LogP contribution is -2.12. The second kappa shape index (κ2) is 3.69. The van der Waals surface area contributed by atoms with E-state index in [1.54, 1.807) is 6.20 Å². The highest BCUT2D eigenvalue weighted by atomic mass is 32.2. The van der Waals surface area contributed by atoms with Crippen LogP contribution in [0.3, 0.4) is 0 Å². The van der Waals surface area contributed by atoms with Gasteiger partial charge >= 0.3 is 0 Å². The van der Waals surface area contributed by atoms with Crippen LogP contribution in [0, 0.1) is 0 Å². The third-order valence-electron chi connectivity index (χ3n) is 1.56. The Labute approximate surface area is 76.3 Å². The molecular weight excluding hydrogens is 192 g/mol. The van der Waals surface area contributed by atoms with Crippen molar-refractivity contribution in [2.75, 3.05) is 12.0 Å². The number of aldehydes is 1. The minimum Gasteiger partial charge on any atom is -0.328 e. The van der Waals surface area contributed by atoms with Crippen LogP contribution in [0.15, 0.2) is 12.4 Å². The highest BCUT2D eigenvalue weighted by Crippen LogP contribution is 1.95. The molecular formula is C7H10N2O3S. The fraction of sp³-hybridized carbons (Fsp3) is 0.429. The van der Waals surface area contributed by atoms with Gasteiger partial charge in [0.05, 0.1) is 5.75 Å². The zero-order chi connectivity index (χ0) is 9.90. The number of aromatic nitrogens is 2. The smallest absolute Gasteiger partial charge is 0.185 e. The van der Waals surface area contributed by atoms with E-state index in [4.69, 9.17) is 0 Å². The summed E-state index contributed by atoms with van der Waals surface area (Å²) in [5, 5.41) is 0. The van der Waals surface area contributed by atoms with Crippen molar-refractivity contribution in [1.82, 2.24) is 9.55 Å². The molecule has 5 nitrogen and oxygen atoms in total. The fourth-order valence-corrected chi connectivity index (χ4v) is 1.42. The van der Waals surface area contributed by atoms with Gasteiger partial charge in [-0.05, 0) is 0 Å². The monoisotopic (exact) mass is 202 g/mol. The number of hydrogen-bond acceptors (Lipinski definition) is 4. The van der Waals surface area contributed by atoms with E-state index in [0.717, 1.165) is 6.26 Å². The molecule has 0 atom stereocenters. The van der Waals surface area contributed by atoms with E-state index in [9.17, 15) is 13.2 Å². The second-order valence-electron chi connectivity index (χ2n) is 2.73. The molecule has 0 aromatic carbocycles. The molecule has 0 aliphatic carbocycles. The fourth-order valence-electron chi connectivity index (χ4n) is 0.892. The first-order valence-corrected chi connectivity index (χ1v) is 5.73. The Morgan fingerprint density at radius 1 is 1.62 bits per heavy atom. The number of sulfone groups is 1. The van der Waals surface area contributed by atoms with E-state index < -0.39 is 9.84 Å². The van der Waals surface area contributed by atoms with Gasteiger partial charge in [0.25, 0.3) is 0 Å². The van der Waals surface area contributed by atoms with Crippen molar-refractivity contribution in [3.63, 3.8) is 0 Å². The predicted molar refractivity (Wildman–Crippen MR) is 47.3 cm³/mol. The number of imidazole rings is 1. The molecule has 0 fully saturated rings. The van der Waals surface area contributed by atoms with Crippen molar-refractivity contribution >= 4 is 16.1 Å². The second-order valence-corrected chi connectivity index (χ2v) is 4.99. The number of carbonyl (C=O) groups is 1. The molecule has 1 rings (SSSR count). The van der Waals surface area contributed by atoms with Crippen molar-refractivity contribution in [2.24, 2.45) is 0 Å². The Morgan fingerprint density at radius 3 is 2.85 bits per heavy atom. The van der Waals surface area contributed by atoms with Crippen LogP contribution in [-0.4, -0.2) is 36.3 Å². The molecule has 13 heavy (non-hydrogen) atoms. The predicted octanol–water partition coefficient (Wildman–Crippen LogP) is -0.260. The molecule has 1 heterocycles. The first-order chi connectivity index (χ1) is 6.03. The summed E-state index contributed by atoms with van der Waals surface area (Å²) in [6, 6.07) is 0. The Hall–Kier alpha value is -1.17. The van der Waals surface area contributed by atoms with Gasteiger partial charge < -0.3 is 4.57 Å². The van der Waals surface area contributed by atoms with Gasteiger partial charge in [-0.1, -0.05) is 0 Å². The normalized spacial score (nSPS) is 11.5.